The number of morpholine rings is 1. The van der Waals surface area contributed by atoms with Crippen molar-refractivity contribution in [2.45, 2.75) is 32.5 Å². The van der Waals surface area contributed by atoms with E-state index in [9.17, 15) is 0 Å². The highest BCUT2D eigenvalue weighted by Gasteiger charge is 2.27. The summed E-state index contributed by atoms with van der Waals surface area (Å²) in [6.45, 7) is 7.01. The molecule has 7 heteroatoms. The number of ether oxygens (including phenoxy) is 3. The first-order valence-corrected chi connectivity index (χ1v) is 9.75. The van der Waals surface area contributed by atoms with Crippen molar-refractivity contribution in [3.63, 3.8) is 0 Å². The van der Waals surface area contributed by atoms with Crippen molar-refractivity contribution in [3.05, 3.63) is 41.9 Å². The van der Waals surface area contributed by atoms with Gasteiger partial charge in [-0.25, -0.2) is 15.0 Å². The number of fused-ring (bicyclic) bond motifs is 1. The maximum atomic E-state index is 5.97. The molecule has 0 aliphatic carbocycles. The van der Waals surface area contributed by atoms with Crippen molar-refractivity contribution in [2.75, 3.05) is 38.3 Å². The molecule has 1 aromatic heterocycles. The van der Waals surface area contributed by atoms with E-state index in [1.54, 1.807) is 13.4 Å². The Morgan fingerprint density at radius 2 is 2.07 bits per heavy atom. The van der Waals surface area contributed by atoms with E-state index in [2.05, 4.69) is 33.7 Å². The third-order valence-corrected chi connectivity index (χ3v) is 5.01. The van der Waals surface area contributed by atoms with Gasteiger partial charge < -0.3 is 19.1 Å². The van der Waals surface area contributed by atoms with Crippen LogP contribution < -0.4 is 9.64 Å². The van der Waals surface area contributed by atoms with Gasteiger partial charge in [-0.05, 0) is 31.5 Å². The van der Waals surface area contributed by atoms with Crippen molar-refractivity contribution < 1.29 is 14.2 Å². The maximum absolute atomic E-state index is 5.97. The minimum atomic E-state index is 0.186. The van der Waals surface area contributed by atoms with E-state index in [0.29, 0.717) is 13.2 Å². The Hall–Kier alpha value is -2.51. The molecular formula is C21H26N4O3. The number of aromatic nitrogens is 2. The van der Waals surface area contributed by atoms with Gasteiger partial charge in [0.05, 0.1) is 35.9 Å². The quantitative estimate of drug-likeness (QED) is 0.585. The standard InChI is InChI=1S/C21H26N4O3/c1-4-15-12-25(11-14(2)28-15)20-10-19(22-13-23-20)21-17-9-16(27-8-7-26-3)5-6-18(17)24-21/h5-6,9-10,13-15H,4,7-8,11-12H2,1-3H3. The Bertz CT molecular complexity index is 870. The van der Waals surface area contributed by atoms with Crippen LogP contribution in [-0.2, 0) is 9.47 Å². The van der Waals surface area contributed by atoms with Crippen molar-refractivity contribution in [3.8, 4) is 5.75 Å². The lowest BCUT2D eigenvalue weighted by Crippen LogP contribution is -2.46. The van der Waals surface area contributed by atoms with E-state index in [0.717, 1.165) is 53.7 Å². The van der Waals surface area contributed by atoms with Crippen LogP contribution in [0.4, 0.5) is 11.5 Å². The fourth-order valence-electron chi connectivity index (χ4n) is 3.57. The van der Waals surface area contributed by atoms with Crippen molar-refractivity contribution in [1.29, 1.82) is 0 Å². The maximum Gasteiger partial charge on any atom is 0.132 e. The minimum absolute atomic E-state index is 0.186. The number of methoxy groups -OCH3 is 1. The predicted octanol–water partition coefficient (Wildman–Crippen LogP) is 2.99. The molecule has 7 nitrogen and oxygen atoms in total. The van der Waals surface area contributed by atoms with Crippen molar-refractivity contribution in [2.24, 2.45) is 4.99 Å². The lowest BCUT2D eigenvalue weighted by atomic mass is 9.98. The molecule has 2 aliphatic rings. The summed E-state index contributed by atoms with van der Waals surface area (Å²) in [7, 11) is 1.66. The van der Waals surface area contributed by atoms with Gasteiger partial charge in [-0.15, -0.1) is 0 Å². The van der Waals surface area contributed by atoms with Crippen LogP contribution in [0.1, 0.15) is 31.5 Å². The Kier molecular flexibility index (Phi) is 5.54. The summed E-state index contributed by atoms with van der Waals surface area (Å²) in [4.78, 5) is 15.9. The van der Waals surface area contributed by atoms with Gasteiger partial charge in [0.1, 0.15) is 24.5 Å². The first kappa shape index (κ1) is 18.8. The molecule has 1 aromatic carbocycles. The molecule has 28 heavy (non-hydrogen) atoms. The van der Waals surface area contributed by atoms with Gasteiger partial charge in [-0.2, -0.15) is 0 Å². The van der Waals surface area contributed by atoms with Crippen molar-refractivity contribution in [1.82, 2.24) is 9.97 Å². The normalized spacial score (nSPS) is 21.0. The van der Waals surface area contributed by atoms with Gasteiger partial charge in [0.15, 0.2) is 0 Å². The topological polar surface area (TPSA) is 69.1 Å². The number of rotatable bonds is 7. The Labute approximate surface area is 165 Å². The average Bonchev–Trinajstić information content (AvgIpc) is 2.70. The zero-order valence-electron chi connectivity index (χ0n) is 16.6. The van der Waals surface area contributed by atoms with E-state index in [4.69, 9.17) is 14.2 Å². The molecule has 2 unspecified atom stereocenters. The van der Waals surface area contributed by atoms with Crippen LogP contribution in [0.3, 0.4) is 0 Å². The summed E-state index contributed by atoms with van der Waals surface area (Å²) in [5.74, 6) is 1.73. The molecule has 0 N–H and O–H groups in total. The van der Waals surface area contributed by atoms with Crippen LogP contribution in [-0.4, -0.2) is 61.3 Å². The van der Waals surface area contributed by atoms with Crippen LogP contribution >= 0.6 is 0 Å². The highest BCUT2D eigenvalue weighted by molar-refractivity contribution is 6.21. The number of hydrogen-bond donors (Lipinski definition) is 0. The molecule has 1 fully saturated rings. The molecule has 1 saturated heterocycles. The third-order valence-electron chi connectivity index (χ3n) is 5.01. The van der Waals surface area contributed by atoms with Crippen LogP contribution in [0.25, 0.3) is 0 Å². The molecule has 3 heterocycles. The second-order valence-corrected chi connectivity index (χ2v) is 7.12. The van der Waals surface area contributed by atoms with Gasteiger partial charge in [-0.1, -0.05) is 6.92 Å². The van der Waals surface area contributed by atoms with Gasteiger partial charge in [0.2, 0.25) is 0 Å². The highest BCUT2D eigenvalue weighted by Crippen LogP contribution is 2.35. The summed E-state index contributed by atoms with van der Waals surface area (Å²) < 4.78 is 16.7. The minimum Gasteiger partial charge on any atom is -0.491 e. The molecular weight excluding hydrogens is 356 g/mol. The molecule has 0 radical (unpaired) electrons. The second kappa shape index (κ2) is 8.24. The monoisotopic (exact) mass is 382 g/mol. The van der Waals surface area contributed by atoms with Gasteiger partial charge in [0.25, 0.3) is 0 Å². The van der Waals surface area contributed by atoms with Crippen molar-refractivity contribution >= 4 is 17.2 Å². The molecule has 2 aliphatic heterocycles. The molecule has 0 bridgehead atoms. The Morgan fingerprint density at radius 3 is 2.89 bits per heavy atom. The van der Waals surface area contributed by atoms with Gasteiger partial charge >= 0.3 is 0 Å². The van der Waals surface area contributed by atoms with E-state index in [-0.39, 0.29) is 12.2 Å². The zero-order chi connectivity index (χ0) is 19.5. The van der Waals surface area contributed by atoms with E-state index in [1.807, 2.05) is 24.3 Å². The number of nitrogens with zero attached hydrogens (tertiary/aromatic N) is 4. The number of benzene rings is 1. The zero-order valence-corrected chi connectivity index (χ0v) is 16.6. The summed E-state index contributed by atoms with van der Waals surface area (Å²) in [5.41, 5.74) is 3.73. The number of hydrogen-bond acceptors (Lipinski definition) is 7. The lowest BCUT2D eigenvalue weighted by molar-refractivity contribution is -0.0174. The molecule has 148 valence electrons. The van der Waals surface area contributed by atoms with Gasteiger partial charge in [-0.3, -0.25) is 0 Å². The summed E-state index contributed by atoms with van der Waals surface area (Å²) in [6.07, 6.45) is 3.03. The molecule has 2 atom stereocenters. The molecule has 0 amide bonds. The smallest absolute Gasteiger partial charge is 0.132 e. The summed E-state index contributed by atoms with van der Waals surface area (Å²) in [5, 5.41) is 0. The van der Waals surface area contributed by atoms with Crippen LogP contribution in [0, 0.1) is 0 Å². The van der Waals surface area contributed by atoms with E-state index < -0.39 is 0 Å². The lowest BCUT2D eigenvalue weighted by Gasteiger charge is -2.37. The Morgan fingerprint density at radius 1 is 1.18 bits per heavy atom. The molecule has 0 saturated carbocycles. The number of anilines is 1. The third kappa shape index (κ3) is 3.86. The first-order chi connectivity index (χ1) is 13.7. The molecule has 0 spiro atoms. The van der Waals surface area contributed by atoms with Crippen LogP contribution in [0.15, 0.2) is 35.6 Å². The van der Waals surface area contributed by atoms with E-state index in [1.165, 1.54) is 0 Å². The second-order valence-electron chi connectivity index (χ2n) is 7.12. The van der Waals surface area contributed by atoms with E-state index >= 15 is 0 Å². The predicted molar refractivity (Wildman–Crippen MR) is 108 cm³/mol. The van der Waals surface area contributed by atoms with Crippen LogP contribution in [0.2, 0.25) is 0 Å². The molecule has 2 aromatic rings. The van der Waals surface area contributed by atoms with Crippen LogP contribution in [0.5, 0.6) is 5.75 Å². The summed E-state index contributed by atoms with van der Waals surface area (Å²) >= 11 is 0. The fraction of sp³-hybridized carbons (Fsp3) is 0.476. The van der Waals surface area contributed by atoms with Gasteiger partial charge in [0, 0.05) is 31.8 Å². The SMILES string of the molecule is CCC1CN(c2cc(C3=Nc4ccc(OCCOC)cc43)ncn2)CC(C)O1. The Balaban J connectivity index is 1.52. The summed E-state index contributed by atoms with van der Waals surface area (Å²) in [6, 6.07) is 7.93. The molecule has 4 rings (SSSR count). The average molecular weight is 382 g/mol. The first-order valence-electron chi connectivity index (χ1n) is 9.75. The fourth-order valence-corrected chi connectivity index (χ4v) is 3.57. The number of aliphatic imine (C=N–C) groups is 1. The largest absolute Gasteiger partial charge is 0.491 e. The highest BCUT2D eigenvalue weighted by atomic mass is 16.5.